The van der Waals surface area contributed by atoms with E-state index in [1.807, 2.05) is 42.5 Å². The number of amides is 2. The number of aromatic carboxylic acids is 1. The molecule has 6 rings (SSSR count). The summed E-state index contributed by atoms with van der Waals surface area (Å²) in [6.07, 6.45) is 7.14. The molecule has 9 heteroatoms. The number of fused-ring (bicyclic) bond motifs is 2. The first-order valence-electron chi connectivity index (χ1n) is 13.5. The molecule has 2 heterocycles. The molecule has 0 aromatic heterocycles. The molecule has 206 valence electrons. The summed E-state index contributed by atoms with van der Waals surface area (Å²) < 4.78 is 0. The molecule has 0 saturated heterocycles. The third-order valence-corrected chi connectivity index (χ3v) is 7.52. The van der Waals surface area contributed by atoms with Crippen LogP contribution in [-0.4, -0.2) is 48.2 Å². The summed E-state index contributed by atoms with van der Waals surface area (Å²) in [5.41, 5.74) is 11.7. The highest BCUT2D eigenvalue weighted by molar-refractivity contribution is 6.38. The van der Waals surface area contributed by atoms with Crippen molar-refractivity contribution in [2.24, 2.45) is 10.7 Å². The minimum atomic E-state index is -1.05. The maximum Gasteiger partial charge on any atom is 0.335 e. The van der Waals surface area contributed by atoms with Crippen LogP contribution in [0.15, 0.2) is 84.0 Å². The minimum Gasteiger partial charge on any atom is -0.478 e. The number of carbonyl (C=O) groups excluding carboxylic acids is 2. The topological polar surface area (TPSA) is 128 Å². The highest BCUT2D eigenvalue weighted by Crippen LogP contribution is 2.46. The fraction of sp³-hybridized carbons (Fsp3) is 0.188. The van der Waals surface area contributed by atoms with Crippen molar-refractivity contribution in [3.05, 3.63) is 101 Å². The second-order valence-electron chi connectivity index (χ2n) is 10.2. The number of nitrogens with two attached hydrogens (primary N) is 1. The smallest absolute Gasteiger partial charge is 0.335 e. The van der Waals surface area contributed by atoms with Crippen LogP contribution < -0.4 is 20.9 Å². The van der Waals surface area contributed by atoms with Crippen LogP contribution >= 0.6 is 0 Å². The number of allylic oxidation sites excluding steroid dienone is 1. The van der Waals surface area contributed by atoms with Crippen LogP contribution in [0.3, 0.4) is 0 Å². The van der Waals surface area contributed by atoms with E-state index in [0.29, 0.717) is 23.4 Å². The number of hydrogen-bond donors (Lipinski definition) is 3. The summed E-state index contributed by atoms with van der Waals surface area (Å²) in [5, 5.41) is 12.4. The van der Waals surface area contributed by atoms with E-state index in [1.165, 1.54) is 24.5 Å². The number of nitrogens with one attached hydrogen (secondary N) is 1. The van der Waals surface area contributed by atoms with Crippen LogP contribution in [0.25, 0.3) is 11.3 Å². The first kappa shape index (κ1) is 26.1. The van der Waals surface area contributed by atoms with Crippen molar-refractivity contribution < 1.29 is 19.5 Å². The number of carboxylic acids is 1. The lowest BCUT2D eigenvalue weighted by Crippen LogP contribution is -2.31. The van der Waals surface area contributed by atoms with Crippen molar-refractivity contribution in [1.29, 1.82) is 0 Å². The molecule has 4 N–H and O–H groups in total. The Morgan fingerprint density at radius 2 is 1.88 bits per heavy atom. The van der Waals surface area contributed by atoms with Crippen LogP contribution in [0.4, 0.5) is 17.1 Å². The molecular weight excluding hydrogens is 518 g/mol. The minimum absolute atomic E-state index is 0.0437. The predicted molar refractivity (Wildman–Crippen MR) is 160 cm³/mol. The van der Waals surface area contributed by atoms with Gasteiger partial charge in [-0.15, -0.1) is 0 Å². The average Bonchev–Trinajstić information content (AvgIpc) is 3.64. The van der Waals surface area contributed by atoms with Gasteiger partial charge in [-0.3, -0.25) is 14.6 Å². The van der Waals surface area contributed by atoms with Crippen molar-refractivity contribution in [3.63, 3.8) is 0 Å². The van der Waals surface area contributed by atoms with E-state index in [-0.39, 0.29) is 30.0 Å². The fourth-order valence-corrected chi connectivity index (χ4v) is 5.52. The van der Waals surface area contributed by atoms with Gasteiger partial charge in [-0.2, -0.15) is 0 Å². The highest BCUT2D eigenvalue weighted by atomic mass is 16.4. The second kappa shape index (κ2) is 10.8. The number of nitrogens with zero attached hydrogens (tertiary/aromatic N) is 3. The van der Waals surface area contributed by atoms with Crippen molar-refractivity contribution >= 4 is 52.3 Å². The van der Waals surface area contributed by atoms with E-state index in [9.17, 15) is 19.5 Å². The third-order valence-electron chi connectivity index (χ3n) is 7.52. The van der Waals surface area contributed by atoms with Gasteiger partial charge < -0.3 is 26.0 Å². The monoisotopic (exact) mass is 547 g/mol. The largest absolute Gasteiger partial charge is 0.478 e. The van der Waals surface area contributed by atoms with Gasteiger partial charge in [-0.25, -0.2) is 4.79 Å². The number of carbonyl (C=O) groups is 3. The zero-order valence-electron chi connectivity index (χ0n) is 22.3. The van der Waals surface area contributed by atoms with Crippen molar-refractivity contribution in [3.8, 4) is 0 Å². The average molecular weight is 548 g/mol. The van der Waals surface area contributed by atoms with Crippen LogP contribution in [-0.2, 0) is 16.0 Å². The number of anilines is 3. The summed E-state index contributed by atoms with van der Waals surface area (Å²) >= 11 is 0. The molecular formula is C32H29N5O4. The molecule has 3 aliphatic rings. The fourth-order valence-electron chi connectivity index (χ4n) is 5.52. The van der Waals surface area contributed by atoms with Gasteiger partial charge in [0.25, 0.3) is 5.91 Å². The molecule has 1 fully saturated rings. The van der Waals surface area contributed by atoms with Crippen LogP contribution in [0.2, 0.25) is 0 Å². The molecule has 0 atom stereocenters. The summed E-state index contributed by atoms with van der Waals surface area (Å²) in [7, 11) is 0. The van der Waals surface area contributed by atoms with Gasteiger partial charge in [0.15, 0.2) is 0 Å². The summed E-state index contributed by atoms with van der Waals surface area (Å²) in [5.74, 6) is -1.40. The van der Waals surface area contributed by atoms with Gasteiger partial charge in [0, 0.05) is 35.7 Å². The van der Waals surface area contributed by atoms with Crippen molar-refractivity contribution in [2.75, 3.05) is 28.2 Å². The Labute approximate surface area is 237 Å². The zero-order valence-corrected chi connectivity index (χ0v) is 22.3. The van der Waals surface area contributed by atoms with E-state index in [4.69, 9.17) is 5.73 Å². The van der Waals surface area contributed by atoms with E-state index in [2.05, 4.69) is 21.3 Å². The molecule has 0 bridgehead atoms. The SMILES string of the molecule is NC=CC=NCC(=O)N1CCc2cc(N(/C(=C3\C(=O)Nc4cc(C(=O)O)ccc43)c3ccccc3)C3CC3)ccc21. The number of rotatable bonds is 8. The Bertz CT molecular complexity index is 1640. The lowest BCUT2D eigenvalue weighted by atomic mass is 9.97. The first-order chi connectivity index (χ1) is 20.0. The molecule has 0 spiro atoms. The third kappa shape index (κ3) is 4.98. The summed E-state index contributed by atoms with van der Waals surface area (Å²) in [6, 6.07) is 20.8. The molecule has 41 heavy (non-hydrogen) atoms. The molecule has 2 aliphatic heterocycles. The van der Waals surface area contributed by atoms with E-state index in [0.717, 1.165) is 47.5 Å². The molecule has 3 aromatic rings. The Morgan fingerprint density at radius 1 is 1.07 bits per heavy atom. The standard InChI is InChI=1S/C32H29N5O4/c33-14-4-15-34-19-28(38)36-16-13-21-17-24(10-12-27(21)36)37(23-8-9-23)30(20-5-2-1-3-6-20)29-25-11-7-22(32(40)41)18-26(25)35-31(29)39/h1-7,10-12,14-15,17-18,23H,8-9,13,16,19,33H2,(H,35,39)(H,40,41)/b14-4?,30-29-,34-15?. The molecule has 0 unspecified atom stereocenters. The first-order valence-corrected chi connectivity index (χ1v) is 13.5. The Balaban J connectivity index is 1.43. The van der Waals surface area contributed by atoms with Crippen LogP contribution in [0, 0.1) is 0 Å². The van der Waals surface area contributed by atoms with Gasteiger partial charge in [0.2, 0.25) is 5.91 Å². The summed E-state index contributed by atoms with van der Waals surface area (Å²) in [4.78, 5) is 46.1. The number of hydrogen-bond acceptors (Lipinski definition) is 6. The number of aliphatic imine (C=N–C) groups is 1. The van der Waals surface area contributed by atoms with Gasteiger partial charge in [-0.1, -0.05) is 36.4 Å². The Kier molecular flexibility index (Phi) is 6.84. The van der Waals surface area contributed by atoms with Gasteiger partial charge in [0.1, 0.15) is 6.54 Å². The van der Waals surface area contributed by atoms with E-state index in [1.54, 1.807) is 17.0 Å². The Hall–Kier alpha value is -5.18. The van der Waals surface area contributed by atoms with Gasteiger partial charge in [0.05, 0.1) is 22.5 Å². The summed E-state index contributed by atoms with van der Waals surface area (Å²) in [6.45, 7) is 0.625. The predicted octanol–water partition coefficient (Wildman–Crippen LogP) is 4.31. The maximum absolute atomic E-state index is 13.5. The Morgan fingerprint density at radius 3 is 2.61 bits per heavy atom. The quantitative estimate of drug-likeness (QED) is 0.285. The van der Waals surface area contributed by atoms with Gasteiger partial charge >= 0.3 is 5.97 Å². The maximum atomic E-state index is 13.5. The van der Waals surface area contributed by atoms with Crippen molar-refractivity contribution in [1.82, 2.24) is 0 Å². The lowest BCUT2D eigenvalue weighted by molar-refractivity contribution is -0.117. The van der Waals surface area contributed by atoms with Crippen molar-refractivity contribution in [2.45, 2.75) is 25.3 Å². The molecule has 0 radical (unpaired) electrons. The lowest BCUT2D eigenvalue weighted by Gasteiger charge is -2.30. The molecule has 1 saturated carbocycles. The van der Waals surface area contributed by atoms with E-state index >= 15 is 0 Å². The van der Waals surface area contributed by atoms with Crippen LogP contribution in [0.5, 0.6) is 0 Å². The normalized spacial score (nSPS) is 17.1. The molecule has 1 aliphatic carbocycles. The zero-order chi connectivity index (χ0) is 28.5. The molecule has 3 aromatic carbocycles. The van der Waals surface area contributed by atoms with Crippen LogP contribution in [0.1, 0.15) is 39.9 Å². The molecule has 2 amide bonds. The van der Waals surface area contributed by atoms with E-state index < -0.39 is 5.97 Å². The second-order valence-corrected chi connectivity index (χ2v) is 10.2. The highest BCUT2D eigenvalue weighted by Gasteiger charge is 2.38. The van der Waals surface area contributed by atoms with Gasteiger partial charge in [-0.05, 0) is 73.0 Å². The number of benzene rings is 3. The number of carboxylic acid groups (broad SMARTS) is 1. The molecule has 9 nitrogen and oxygen atoms in total.